The molecule has 1 saturated heterocycles. The van der Waals surface area contributed by atoms with Crippen LogP contribution < -0.4 is 0 Å². The van der Waals surface area contributed by atoms with Crippen LogP contribution in [-0.4, -0.2) is 59.6 Å². The summed E-state index contributed by atoms with van der Waals surface area (Å²) in [4.78, 5) is 20.9. The Hall–Kier alpha value is -1.43. The third-order valence-electron chi connectivity index (χ3n) is 4.50. The minimum Gasteiger partial charge on any atom is -0.343 e. The Labute approximate surface area is 139 Å². The van der Waals surface area contributed by atoms with Gasteiger partial charge in [-0.05, 0) is 45.8 Å². The third-order valence-corrected chi connectivity index (χ3v) is 4.50. The maximum Gasteiger partial charge on any atom is 0.227 e. The van der Waals surface area contributed by atoms with Crippen LogP contribution in [0.4, 0.5) is 0 Å². The van der Waals surface area contributed by atoms with Crippen molar-refractivity contribution in [3.8, 4) is 0 Å². The molecule has 1 aliphatic heterocycles. The maximum atomic E-state index is 12.3. The lowest BCUT2D eigenvalue weighted by Gasteiger charge is -2.32. The van der Waals surface area contributed by atoms with Gasteiger partial charge >= 0.3 is 0 Å². The van der Waals surface area contributed by atoms with Gasteiger partial charge in [-0.1, -0.05) is 19.0 Å². The zero-order chi connectivity index (χ0) is 16.8. The van der Waals surface area contributed by atoms with Gasteiger partial charge in [0.25, 0.3) is 0 Å². The topological polar surface area (TPSA) is 62.5 Å². The Morgan fingerprint density at radius 1 is 1.35 bits per heavy atom. The maximum absolute atomic E-state index is 12.3. The molecule has 0 atom stereocenters. The summed E-state index contributed by atoms with van der Waals surface area (Å²) in [6.45, 7) is 6.96. The number of aryl methyl sites for hydroxylation is 1. The van der Waals surface area contributed by atoms with Crippen molar-refractivity contribution in [1.82, 2.24) is 19.9 Å². The standard InChI is InChI=1S/C17H30N4O2/c1-13(2)17-18-15(23-19-17)5-6-16(22)21-11-8-14(9-12-21)7-10-20(3)4/h13-14H,5-12H2,1-4H3. The molecule has 0 aliphatic carbocycles. The van der Waals surface area contributed by atoms with Gasteiger partial charge in [0, 0.05) is 31.8 Å². The van der Waals surface area contributed by atoms with E-state index in [-0.39, 0.29) is 11.8 Å². The van der Waals surface area contributed by atoms with E-state index in [9.17, 15) is 4.79 Å². The van der Waals surface area contributed by atoms with E-state index in [2.05, 4.69) is 29.1 Å². The number of carbonyl (C=O) groups is 1. The molecular weight excluding hydrogens is 292 g/mol. The molecule has 130 valence electrons. The van der Waals surface area contributed by atoms with Gasteiger partial charge < -0.3 is 14.3 Å². The predicted octanol–water partition coefficient (Wildman–Crippen LogP) is 2.32. The van der Waals surface area contributed by atoms with Crippen molar-refractivity contribution < 1.29 is 9.32 Å². The zero-order valence-corrected chi connectivity index (χ0v) is 14.9. The normalized spacial score (nSPS) is 16.5. The van der Waals surface area contributed by atoms with Gasteiger partial charge in [-0.15, -0.1) is 0 Å². The highest BCUT2D eigenvalue weighted by Gasteiger charge is 2.23. The van der Waals surface area contributed by atoms with Gasteiger partial charge in [-0.2, -0.15) is 4.98 Å². The first-order valence-corrected chi connectivity index (χ1v) is 8.70. The van der Waals surface area contributed by atoms with E-state index >= 15 is 0 Å². The molecule has 1 fully saturated rings. The van der Waals surface area contributed by atoms with Gasteiger partial charge in [-0.3, -0.25) is 4.79 Å². The summed E-state index contributed by atoms with van der Waals surface area (Å²) in [5.74, 6) is 2.51. The molecule has 1 aliphatic rings. The fraction of sp³-hybridized carbons (Fsp3) is 0.824. The number of rotatable bonds is 7. The van der Waals surface area contributed by atoms with Gasteiger partial charge in [0.2, 0.25) is 11.8 Å². The quantitative estimate of drug-likeness (QED) is 0.771. The van der Waals surface area contributed by atoms with E-state index < -0.39 is 0 Å². The van der Waals surface area contributed by atoms with Crippen molar-refractivity contribution in [3.05, 3.63) is 11.7 Å². The fourth-order valence-electron chi connectivity index (χ4n) is 2.89. The molecule has 1 aromatic heterocycles. The lowest BCUT2D eigenvalue weighted by Crippen LogP contribution is -2.39. The van der Waals surface area contributed by atoms with Crippen LogP contribution >= 0.6 is 0 Å². The number of amides is 1. The first-order valence-electron chi connectivity index (χ1n) is 8.70. The van der Waals surface area contributed by atoms with Crippen molar-refractivity contribution in [1.29, 1.82) is 0 Å². The second kappa shape index (κ2) is 8.43. The molecule has 0 radical (unpaired) electrons. The van der Waals surface area contributed by atoms with Crippen LogP contribution in [0.1, 0.15) is 57.2 Å². The summed E-state index contributed by atoms with van der Waals surface area (Å²) in [5, 5.41) is 3.94. The molecule has 23 heavy (non-hydrogen) atoms. The molecule has 0 aromatic carbocycles. The Kier molecular flexibility index (Phi) is 6.57. The van der Waals surface area contributed by atoms with Crippen molar-refractivity contribution in [3.63, 3.8) is 0 Å². The number of hydrogen-bond donors (Lipinski definition) is 0. The van der Waals surface area contributed by atoms with E-state index in [1.54, 1.807) is 0 Å². The number of aromatic nitrogens is 2. The number of piperidine rings is 1. The van der Waals surface area contributed by atoms with E-state index in [4.69, 9.17) is 4.52 Å². The summed E-state index contributed by atoms with van der Waals surface area (Å²) in [7, 11) is 4.22. The Morgan fingerprint density at radius 2 is 2.04 bits per heavy atom. The van der Waals surface area contributed by atoms with Crippen molar-refractivity contribution in [2.75, 3.05) is 33.7 Å². The largest absolute Gasteiger partial charge is 0.343 e. The van der Waals surface area contributed by atoms with Crippen LogP contribution in [0.25, 0.3) is 0 Å². The summed E-state index contributed by atoms with van der Waals surface area (Å²) < 4.78 is 5.20. The van der Waals surface area contributed by atoms with Crippen molar-refractivity contribution >= 4 is 5.91 Å². The minimum absolute atomic E-state index is 0.209. The first-order chi connectivity index (χ1) is 11.0. The molecular formula is C17H30N4O2. The minimum atomic E-state index is 0.209. The van der Waals surface area contributed by atoms with E-state index in [1.165, 1.54) is 6.42 Å². The SMILES string of the molecule is CC(C)c1noc(CCC(=O)N2CCC(CCN(C)C)CC2)n1. The molecule has 2 heterocycles. The molecule has 1 amide bonds. The Balaban J connectivity index is 1.70. The van der Waals surface area contributed by atoms with Gasteiger partial charge in [-0.25, -0.2) is 0 Å². The highest BCUT2D eigenvalue weighted by molar-refractivity contribution is 5.76. The monoisotopic (exact) mass is 322 g/mol. The zero-order valence-electron chi connectivity index (χ0n) is 14.9. The molecule has 0 spiro atoms. The molecule has 6 nitrogen and oxygen atoms in total. The van der Waals surface area contributed by atoms with Crippen LogP contribution in [-0.2, 0) is 11.2 Å². The summed E-state index contributed by atoms with van der Waals surface area (Å²) >= 11 is 0. The highest BCUT2D eigenvalue weighted by atomic mass is 16.5. The smallest absolute Gasteiger partial charge is 0.227 e. The van der Waals surface area contributed by atoms with Crippen LogP contribution in [0.2, 0.25) is 0 Å². The molecule has 0 N–H and O–H groups in total. The number of likely N-dealkylation sites (tertiary alicyclic amines) is 1. The second-order valence-corrected chi connectivity index (χ2v) is 7.12. The Bertz CT molecular complexity index is 491. The van der Waals surface area contributed by atoms with E-state index in [1.807, 2.05) is 18.7 Å². The third kappa shape index (κ3) is 5.61. The van der Waals surface area contributed by atoms with Crippen molar-refractivity contribution in [2.45, 2.75) is 51.9 Å². The number of nitrogens with zero attached hydrogens (tertiary/aromatic N) is 4. The average Bonchev–Trinajstić information content (AvgIpc) is 3.00. The number of hydrogen-bond acceptors (Lipinski definition) is 5. The fourth-order valence-corrected chi connectivity index (χ4v) is 2.89. The number of carbonyl (C=O) groups excluding carboxylic acids is 1. The Morgan fingerprint density at radius 3 is 2.61 bits per heavy atom. The summed E-state index contributed by atoms with van der Waals surface area (Å²) in [5.41, 5.74) is 0. The molecule has 2 rings (SSSR count). The van der Waals surface area contributed by atoms with E-state index in [0.717, 1.165) is 38.4 Å². The predicted molar refractivity (Wildman–Crippen MR) is 89.2 cm³/mol. The molecule has 1 aromatic rings. The van der Waals surface area contributed by atoms with E-state index in [0.29, 0.717) is 24.6 Å². The highest BCUT2D eigenvalue weighted by Crippen LogP contribution is 2.21. The van der Waals surface area contributed by atoms with Crippen LogP contribution in [0.15, 0.2) is 4.52 Å². The summed E-state index contributed by atoms with van der Waals surface area (Å²) in [6.07, 6.45) is 4.48. The van der Waals surface area contributed by atoms with Crippen LogP contribution in [0.5, 0.6) is 0 Å². The summed E-state index contributed by atoms with van der Waals surface area (Å²) in [6, 6.07) is 0. The lowest BCUT2D eigenvalue weighted by atomic mass is 9.93. The van der Waals surface area contributed by atoms with Gasteiger partial charge in [0.1, 0.15) is 0 Å². The lowest BCUT2D eigenvalue weighted by molar-refractivity contribution is -0.132. The van der Waals surface area contributed by atoms with Gasteiger partial charge in [0.15, 0.2) is 5.82 Å². The average molecular weight is 322 g/mol. The molecule has 0 unspecified atom stereocenters. The first kappa shape index (κ1) is 17.9. The van der Waals surface area contributed by atoms with Gasteiger partial charge in [0.05, 0.1) is 0 Å². The molecule has 0 bridgehead atoms. The molecule has 0 saturated carbocycles. The van der Waals surface area contributed by atoms with Crippen LogP contribution in [0, 0.1) is 5.92 Å². The van der Waals surface area contributed by atoms with Crippen molar-refractivity contribution in [2.24, 2.45) is 5.92 Å². The molecule has 6 heteroatoms. The second-order valence-electron chi connectivity index (χ2n) is 7.12. The van der Waals surface area contributed by atoms with Crippen LogP contribution in [0.3, 0.4) is 0 Å².